The van der Waals surface area contributed by atoms with Crippen LogP contribution < -0.4 is 10.3 Å². The first-order chi connectivity index (χ1) is 15.6. The molecular weight excluding hydrogens is 424 g/mol. The van der Waals surface area contributed by atoms with Gasteiger partial charge in [0, 0.05) is 17.6 Å². The Morgan fingerprint density at radius 3 is 2.62 bits per heavy atom. The molecule has 1 fully saturated rings. The lowest BCUT2D eigenvalue weighted by molar-refractivity contribution is -0.149. The van der Waals surface area contributed by atoms with E-state index < -0.39 is 5.41 Å². The van der Waals surface area contributed by atoms with Crippen LogP contribution in [0.2, 0.25) is 0 Å². The van der Waals surface area contributed by atoms with Crippen LogP contribution in [-0.4, -0.2) is 29.7 Å². The maximum atomic E-state index is 13.2. The van der Waals surface area contributed by atoms with E-state index in [4.69, 9.17) is 14.5 Å². The minimum Gasteiger partial charge on any atom is -0.494 e. The van der Waals surface area contributed by atoms with Crippen molar-refractivity contribution >= 4 is 38.3 Å². The summed E-state index contributed by atoms with van der Waals surface area (Å²) >= 11 is 1.50. The molecule has 6 nitrogen and oxygen atoms in total. The molecule has 0 bridgehead atoms. The molecule has 1 aliphatic rings. The van der Waals surface area contributed by atoms with E-state index in [1.165, 1.54) is 18.4 Å². The van der Waals surface area contributed by atoms with Gasteiger partial charge in [0.15, 0.2) is 0 Å². The van der Waals surface area contributed by atoms with Crippen molar-refractivity contribution in [2.45, 2.75) is 37.5 Å². The molecule has 0 N–H and O–H groups in total. The molecule has 0 atom stereocenters. The normalized spacial score (nSPS) is 15.7. The van der Waals surface area contributed by atoms with Gasteiger partial charge in [-0.1, -0.05) is 37.5 Å². The van der Waals surface area contributed by atoms with E-state index in [-0.39, 0.29) is 11.5 Å². The van der Waals surface area contributed by atoms with Crippen molar-refractivity contribution in [3.63, 3.8) is 0 Å². The standard InChI is InChI=1S/C25H24N2O4S/c1-30-20-14-18-21(32-23(26-18)25(24(29)31-2)11-6-3-7-12-25)15-19(20)27-13-10-16-8-4-5-9-17(16)22(27)28/h4-5,8-10,13-15H,3,6-7,11-12H2,1-2H3. The molecule has 0 amide bonds. The summed E-state index contributed by atoms with van der Waals surface area (Å²) in [6.45, 7) is 0. The van der Waals surface area contributed by atoms with Crippen LogP contribution >= 0.6 is 11.3 Å². The molecule has 4 aromatic rings. The highest BCUT2D eigenvalue weighted by molar-refractivity contribution is 7.18. The van der Waals surface area contributed by atoms with Gasteiger partial charge in [0.05, 0.1) is 30.1 Å². The number of benzene rings is 2. The average molecular weight is 449 g/mol. The van der Waals surface area contributed by atoms with Gasteiger partial charge in [-0.2, -0.15) is 0 Å². The van der Waals surface area contributed by atoms with Gasteiger partial charge >= 0.3 is 5.97 Å². The smallest absolute Gasteiger partial charge is 0.318 e. The molecule has 2 heterocycles. The monoisotopic (exact) mass is 448 g/mol. The molecule has 164 valence electrons. The summed E-state index contributed by atoms with van der Waals surface area (Å²) in [7, 11) is 3.03. The summed E-state index contributed by atoms with van der Waals surface area (Å²) in [5.41, 5.74) is 0.614. The molecule has 7 heteroatoms. The summed E-state index contributed by atoms with van der Waals surface area (Å²) in [5.74, 6) is 0.344. The number of carbonyl (C=O) groups excluding carboxylic acids is 1. The number of nitrogens with zero attached hydrogens (tertiary/aromatic N) is 2. The zero-order valence-electron chi connectivity index (χ0n) is 18.1. The molecule has 1 aliphatic carbocycles. The highest BCUT2D eigenvalue weighted by Crippen LogP contribution is 2.44. The summed E-state index contributed by atoms with van der Waals surface area (Å²) in [5, 5.41) is 2.32. The molecule has 0 spiro atoms. The number of ether oxygens (including phenoxy) is 2. The SMILES string of the molecule is COC(=O)C1(c2nc3cc(OC)c(-n4ccc5ccccc5c4=O)cc3s2)CCCCC1. The third-order valence-corrected chi connectivity index (χ3v) is 7.68. The number of esters is 1. The second kappa shape index (κ2) is 8.06. The average Bonchev–Trinajstić information content (AvgIpc) is 3.27. The fourth-order valence-corrected chi connectivity index (χ4v) is 5.95. The summed E-state index contributed by atoms with van der Waals surface area (Å²) < 4.78 is 13.3. The topological polar surface area (TPSA) is 70.4 Å². The number of aromatic nitrogens is 2. The zero-order chi connectivity index (χ0) is 22.3. The second-order valence-electron chi connectivity index (χ2n) is 8.22. The van der Waals surface area contributed by atoms with E-state index in [0.29, 0.717) is 16.8 Å². The molecule has 1 saturated carbocycles. The molecule has 32 heavy (non-hydrogen) atoms. The summed E-state index contributed by atoms with van der Waals surface area (Å²) in [4.78, 5) is 30.9. The van der Waals surface area contributed by atoms with Crippen molar-refractivity contribution in [1.82, 2.24) is 9.55 Å². The lowest BCUT2D eigenvalue weighted by Gasteiger charge is -2.32. The highest BCUT2D eigenvalue weighted by atomic mass is 32.1. The van der Waals surface area contributed by atoms with Crippen LogP contribution in [0.5, 0.6) is 5.75 Å². The van der Waals surface area contributed by atoms with Gasteiger partial charge < -0.3 is 9.47 Å². The van der Waals surface area contributed by atoms with Crippen LogP contribution in [-0.2, 0) is 14.9 Å². The molecule has 0 radical (unpaired) electrons. The van der Waals surface area contributed by atoms with Gasteiger partial charge in [0.25, 0.3) is 5.56 Å². The van der Waals surface area contributed by atoms with Gasteiger partial charge in [-0.15, -0.1) is 11.3 Å². The van der Waals surface area contributed by atoms with Crippen molar-refractivity contribution in [2.24, 2.45) is 0 Å². The molecular formula is C25H24N2O4S. The van der Waals surface area contributed by atoms with Crippen molar-refractivity contribution in [3.8, 4) is 11.4 Å². The number of fused-ring (bicyclic) bond motifs is 2. The Morgan fingerprint density at radius 1 is 1.09 bits per heavy atom. The van der Waals surface area contributed by atoms with Crippen LogP contribution in [0.1, 0.15) is 37.1 Å². The highest BCUT2D eigenvalue weighted by Gasteiger charge is 2.45. The lowest BCUT2D eigenvalue weighted by Crippen LogP contribution is -2.38. The fourth-order valence-electron chi connectivity index (χ4n) is 4.74. The van der Waals surface area contributed by atoms with Crippen molar-refractivity contribution in [2.75, 3.05) is 14.2 Å². The minimum atomic E-state index is -0.691. The predicted molar refractivity (Wildman–Crippen MR) is 126 cm³/mol. The quantitative estimate of drug-likeness (QED) is 0.412. The van der Waals surface area contributed by atoms with Crippen molar-refractivity contribution in [3.05, 3.63) is 64.0 Å². The van der Waals surface area contributed by atoms with E-state index in [1.54, 1.807) is 17.9 Å². The number of hydrogen-bond acceptors (Lipinski definition) is 6. The lowest BCUT2D eigenvalue weighted by atomic mass is 9.74. The van der Waals surface area contributed by atoms with Gasteiger partial charge in [-0.3, -0.25) is 14.2 Å². The Bertz CT molecular complexity index is 1380. The Kier molecular flexibility index (Phi) is 5.21. The Morgan fingerprint density at radius 2 is 1.88 bits per heavy atom. The number of pyridine rings is 1. The van der Waals surface area contributed by atoms with Gasteiger partial charge in [-0.05, 0) is 36.4 Å². The van der Waals surface area contributed by atoms with Crippen LogP contribution in [0.4, 0.5) is 0 Å². The second-order valence-corrected chi connectivity index (χ2v) is 9.25. The minimum absolute atomic E-state index is 0.108. The number of rotatable bonds is 4. The molecule has 2 aromatic heterocycles. The van der Waals surface area contributed by atoms with E-state index in [9.17, 15) is 9.59 Å². The number of methoxy groups -OCH3 is 2. The van der Waals surface area contributed by atoms with Gasteiger partial charge in [0.1, 0.15) is 16.2 Å². The maximum absolute atomic E-state index is 13.2. The molecule has 5 rings (SSSR count). The molecule has 0 aliphatic heterocycles. The predicted octanol–water partition coefficient (Wildman–Crippen LogP) is 4.98. The van der Waals surface area contributed by atoms with Gasteiger partial charge in [0.2, 0.25) is 0 Å². The van der Waals surface area contributed by atoms with E-state index in [1.807, 2.05) is 42.5 Å². The maximum Gasteiger partial charge on any atom is 0.318 e. The first-order valence-electron chi connectivity index (χ1n) is 10.8. The molecule has 2 aromatic carbocycles. The third-order valence-electron chi connectivity index (χ3n) is 6.45. The van der Waals surface area contributed by atoms with Crippen LogP contribution in [0.15, 0.2) is 53.5 Å². The zero-order valence-corrected chi connectivity index (χ0v) is 18.9. The van der Waals surface area contributed by atoms with Crippen LogP contribution in [0.25, 0.3) is 26.7 Å². The summed E-state index contributed by atoms with van der Waals surface area (Å²) in [6.07, 6.45) is 6.33. The number of thiazole rings is 1. The first-order valence-corrected chi connectivity index (χ1v) is 11.6. The third kappa shape index (κ3) is 3.19. The van der Waals surface area contributed by atoms with Crippen LogP contribution in [0.3, 0.4) is 0 Å². The fraction of sp³-hybridized carbons (Fsp3) is 0.320. The van der Waals surface area contributed by atoms with Gasteiger partial charge in [-0.25, -0.2) is 4.98 Å². The van der Waals surface area contributed by atoms with Crippen molar-refractivity contribution < 1.29 is 14.3 Å². The van der Waals surface area contributed by atoms with E-state index in [0.717, 1.165) is 52.7 Å². The largest absolute Gasteiger partial charge is 0.494 e. The molecule has 0 saturated heterocycles. The number of carbonyl (C=O) groups is 1. The Hall–Kier alpha value is -3.19. The van der Waals surface area contributed by atoms with Crippen LogP contribution in [0, 0.1) is 0 Å². The summed E-state index contributed by atoms with van der Waals surface area (Å²) in [6, 6.07) is 13.2. The molecule has 0 unspecified atom stereocenters. The Labute approximate surface area is 189 Å². The first kappa shape index (κ1) is 20.7. The van der Waals surface area contributed by atoms with Crippen molar-refractivity contribution in [1.29, 1.82) is 0 Å². The van der Waals surface area contributed by atoms with E-state index in [2.05, 4.69) is 0 Å². The van der Waals surface area contributed by atoms with E-state index >= 15 is 0 Å². The Balaban J connectivity index is 1.69. The number of hydrogen-bond donors (Lipinski definition) is 0.